The Bertz CT molecular complexity index is 754. The van der Waals surface area contributed by atoms with Crippen molar-refractivity contribution in [2.45, 2.75) is 13.8 Å². The van der Waals surface area contributed by atoms with Crippen LogP contribution in [-0.4, -0.2) is 17.6 Å². The van der Waals surface area contributed by atoms with Gasteiger partial charge < -0.3 is 10.1 Å². The maximum absolute atomic E-state index is 12.2. The second kappa shape index (κ2) is 8.26. The molecule has 2 N–H and O–H groups in total. The lowest BCUT2D eigenvalue weighted by Gasteiger charge is -2.14. The van der Waals surface area contributed by atoms with Crippen molar-refractivity contribution in [3.8, 4) is 5.75 Å². The summed E-state index contributed by atoms with van der Waals surface area (Å²) in [5.41, 5.74) is 3.25. The molecule has 24 heavy (non-hydrogen) atoms. The van der Waals surface area contributed by atoms with Crippen LogP contribution in [0, 0.1) is 6.92 Å². The minimum Gasteiger partial charge on any atom is -0.487 e. The van der Waals surface area contributed by atoms with E-state index in [0.717, 1.165) is 11.1 Å². The molecule has 124 valence electrons. The Kier molecular flexibility index (Phi) is 6.09. The van der Waals surface area contributed by atoms with Crippen molar-refractivity contribution < 1.29 is 9.53 Å². The summed E-state index contributed by atoms with van der Waals surface area (Å²) in [7, 11) is 0. The molecule has 0 aliphatic carbocycles. The van der Waals surface area contributed by atoms with Gasteiger partial charge >= 0.3 is 0 Å². The molecule has 0 aliphatic rings. The summed E-state index contributed by atoms with van der Waals surface area (Å²) in [4.78, 5) is 12.2. The number of benzene rings is 2. The molecule has 0 aromatic heterocycles. The molecule has 0 heterocycles. The summed E-state index contributed by atoms with van der Waals surface area (Å²) in [5, 5.41) is 5.87. The number of carbonyl (C=O) groups is 1. The van der Waals surface area contributed by atoms with Crippen molar-refractivity contribution in [3.63, 3.8) is 0 Å². The minimum absolute atomic E-state index is 0.215. The highest BCUT2D eigenvalue weighted by molar-refractivity contribution is 7.80. The van der Waals surface area contributed by atoms with Crippen LogP contribution in [0.5, 0.6) is 5.75 Å². The predicted molar refractivity (Wildman–Crippen MR) is 102 cm³/mol. The Hall–Kier alpha value is -2.66. The highest BCUT2D eigenvalue weighted by Crippen LogP contribution is 2.24. The number of carbonyl (C=O) groups excluding carboxylic acids is 1. The Morgan fingerprint density at radius 1 is 1.17 bits per heavy atom. The maximum atomic E-state index is 12.2. The lowest BCUT2D eigenvalue weighted by Crippen LogP contribution is -2.34. The number of rotatable bonds is 5. The van der Waals surface area contributed by atoms with Gasteiger partial charge in [0.15, 0.2) is 5.11 Å². The molecule has 2 rings (SSSR count). The zero-order valence-corrected chi connectivity index (χ0v) is 14.6. The molecule has 0 radical (unpaired) electrons. The van der Waals surface area contributed by atoms with Crippen LogP contribution in [0.25, 0.3) is 0 Å². The van der Waals surface area contributed by atoms with E-state index >= 15 is 0 Å². The lowest BCUT2D eigenvalue weighted by atomic mass is 10.1. The normalized spacial score (nSPS) is 9.92. The van der Waals surface area contributed by atoms with Crippen molar-refractivity contribution in [1.29, 1.82) is 0 Å². The fourth-order valence-electron chi connectivity index (χ4n) is 1.93. The molecule has 4 nitrogen and oxygen atoms in total. The summed E-state index contributed by atoms with van der Waals surface area (Å²) >= 11 is 5.22. The molecule has 2 aromatic rings. The van der Waals surface area contributed by atoms with Gasteiger partial charge in [-0.15, -0.1) is 0 Å². The topological polar surface area (TPSA) is 50.4 Å². The first kappa shape index (κ1) is 17.7. The summed E-state index contributed by atoms with van der Waals surface area (Å²) in [6.07, 6.45) is 0. The van der Waals surface area contributed by atoms with Crippen molar-refractivity contribution >= 4 is 28.9 Å². The lowest BCUT2D eigenvalue weighted by molar-refractivity contribution is 0.0977. The molecule has 0 saturated heterocycles. The highest BCUT2D eigenvalue weighted by Gasteiger charge is 2.10. The zero-order valence-electron chi connectivity index (χ0n) is 13.8. The highest BCUT2D eigenvalue weighted by atomic mass is 32.1. The number of ether oxygens (including phenoxy) is 1. The van der Waals surface area contributed by atoms with Crippen LogP contribution in [-0.2, 0) is 0 Å². The Morgan fingerprint density at radius 3 is 2.50 bits per heavy atom. The van der Waals surface area contributed by atoms with Gasteiger partial charge in [0.25, 0.3) is 5.91 Å². The van der Waals surface area contributed by atoms with Crippen LogP contribution in [0.4, 0.5) is 5.69 Å². The standard InChI is InChI=1S/C19H20N2O2S/c1-13(2)12-23-17-7-5-4-6-16(17)20-19(24)21-18(22)15-10-8-14(3)9-11-15/h4-11H,1,12H2,2-3H3,(H2,20,21,22,24). The predicted octanol–water partition coefficient (Wildman–Crippen LogP) is 4.08. The molecule has 1 amide bonds. The maximum Gasteiger partial charge on any atom is 0.257 e. The first-order valence-electron chi connectivity index (χ1n) is 7.51. The van der Waals surface area contributed by atoms with Crippen LogP contribution in [0.1, 0.15) is 22.8 Å². The molecule has 0 bridgehead atoms. The first-order valence-corrected chi connectivity index (χ1v) is 7.92. The summed E-state index contributed by atoms with van der Waals surface area (Å²) in [6, 6.07) is 14.7. The van der Waals surface area contributed by atoms with Crippen LogP contribution >= 0.6 is 12.2 Å². The van der Waals surface area contributed by atoms with E-state index in [9.17, 15) is 4.79 Å². The van der Waals surface area contributed by atoms with E-state index in [0.29, 0.717) is 23.6 Å². The van der Waals surface area contributed by atoms with Gasteiger partial charge in [0.2, 0.25) is 0 Å². The van der Waals surface area contributed by atoms with Crippen LogP contribution in [0.3, 0.4) is 0 Å². The van der Waals surface area contributed by atoms with Gasteiger partial charge in [0.05, 0.1) is 5.69 Å². The number of anilines is 1. The third kappa shape index (κ3) is 5.21. The largest absolute Gasteiger partial charge is 0.487 e. The van der Waals surface area contributed by atoms with Gasteiger partial charge in [0.1, 0.15) is 12.4 Å². The number of hydrogen-bond donors (Lipinski definition) is 2. The van der Waals surface area contributed by atoms with Gasteiger partial charge in [-0.25, -0.2) is 0 Å². The van der Waals surface area contributed by atoms with Crippen molar-refractivity contribution in [1.82, 2.24) is 5.32 Å². The van der Waals surface area contributed by atoms with Gasteiger partial charge in [-0.2, -0.15) is 0 Å². The van der Waals surface area contributed by atoms with Crippen LogP contribution in [0.15, 0.2) is 60.7 Å². The average molecular weight is 340 g/mol. The van der Waals surface area contributed by atoms with Gasteiger partial charge in [-0.1, -0.05) is 36.4 Å². The number of para-hydroxylation sites is 2. The smallest absolute Gasteiger partial charge is 0.257 e. The van der Waals surface area contributed by atoms with Crippen molar-refractivity contribution in [2.75, 3.05) is 11.9 Å². The molecule has 0 atom stereocenters. The fraction of sp³-hybridized carbons (Fsp3) is 0.158. The molecule has 0 spiro atoms. The van der Waals surface area contributed by atoms with E-state index in [2.05, 4.69) is 17.2 Å². The second-order valence-corrected chi connectivity index (χ2v) is 5.92. The second-order valence-electron chi connectivity index (χ2n) is 5.52. The molecule has 0 aliphatic heterocycles. The summed E-state index contributed by atoms with van der Waals surface area (Å²) in [5.74, 6) is 0.389. The number of amides is 1. The zero-order chi connectivity index (χ0) is 17.5. The quantitative estimate of drug-likeness (QED) is 0.636. The van der Waals surface area contributed by atoms with Gasteiger partial charge in [0, 0.05) is 5.56 Å². The fourth-order valence-corrected chi connectivity index (χ4v) is 2.13. The molecular weight excluding hydrogens is 320 g/mol. The van der Waals surface area contributed by atoms with E-state index in [1.165, 1.54) is 0 Å². The van der Waals surface area contributed by atoms with E-state index in [4.69, 9.17) is 17.0 Å². The molecule has 2 aromatic carbocycles. The van der Waals surface area contributed by atoms with E-state index < -0.39 is 0 Å². The number of aryl methyl sites for hydroxylation is 1. The monoisotopic (exact) mass is 340 g/mol. The third-order valence-electron chi connectivity index (χ3n) is 3.15. The van der Waals surface area contributed by atoms with E-state index in [1.807, 2.05) is 50.2 Å². The Labute approximate surface area is 147 Å². The third-order valence-corrected chi connectivity index (χ3v) is 3.35. The van der Waals surface area contributed by atoms with Gasteiger partial charge in [-0.05, 0) is 55.9 Å². The molecule has 5 heteroatoms. The molecule has 0 saturated carbocycles. The number of nitrogens with one attached hydrogen (secondary N) is 2. The molecule has 0 fully saturated rings. The van der Waals surface area contributed by atoms with Gasteiger partial charge in [-0.3, -0.25) is 10.1 Å². The summed E-state index contributed by atoms with van der Waals surface area (Å²) in [6.45, 7) is 8.09. The first-order chi connectivity index (χ1) is 11.5. The molecule has 0 unspecified atom stereocenters. The summed E-state index contributed by atoms with van der Waals surface area (Å²) < 4.78 is 5.67. The Morgan fingerprint density at radius 2 is 1.83 bits per heavy atom. The number of hydrogen-bond acceptors (Lipinski definition) is 3. The average Bonchev–Trinajstić information content (AvgIpc) is 2.54. The number of thiocarbonyl (C=S) groups is 1. The minimum atomic E-state index is -0.257. The van der Waals surface area contributed by atoms with Crippen molar-refractivity contribution in [2.24, 2.45) is 0 Å². The van der Waals surface area contributed by atoms with Crippen LogP contribution in [0.2, 0.25) is 0 Å². The van der Waals surface area contributed by atoms with E-state index in [-0.39, 0.29) is 11.0 Å². The van der Waals surface area contributed by atoms with Crippen LogP contribution < -0.4 is 15.4 Å². The molecular formula is C19H20N2O2S. The van der Waals surface area contributed by atoms with E-state index in [1.54, 1.807) is 12.1 Å². The SMILES string of the molecule is C=C(C)COc1ccccc1NC(=S)NC(=O)c1ccc(C)cc1. The van der Waals surface area contributed by atoms with Crippen molar-refractivity contribution in [3.05, 3.63) is 71.8 Å². The Balaban J connectivity index is 2.00.